The van der Waals surface area contributed by atoms with Crippen LogP contribution in [0.3, 0.4) is 0 Å². The summed E-state index contributed by atoms with van der Waals surface area (Å²) in [6, 6.07) is 0. The first kappa shape index (κ1) is 26.6. The second-order valence-corrected chi connectivity index (χ2v) is 5.44. The minimum absolute atomic E-state index is 0.0258. The molecule has 0 saturated carbocycles. The number of hydrogen-bond acceptors (Lipinski definition) is 8. The molecule has 136 valence electrons. The number of aliphatic hydroxyl groups is 5. The molecule has 0 rings (SSSR count). The molecule has 0 aliphatic carbocycles. The van der Waals surface area contributed by atoms with Gasteiger partial charge in [-0.1, -0.05) is 0 Å². The summed E-state index contributed by atoms with van der Waals surface area (Å²) in [5, 5.41) is 43.5. The molecule has 0 aromatic rings. The molecule has 0 spiro atoms. The molecule has 0 aliphatic heterocycles. The maximum atomic E-state index is 9.90. The molecule has 0 aromatic heterocycles. The monoisotopic (exact) mass is 376 g/mol. The van der Waals surface area contributed by atoms with Crippen LogP contribution < -0.4 is 0 Å². The van der Waals surface area contributed by atoms with E-state index in [1.807, 2.05) is 0 Å². The molecule has 0 bridgehead atoms. The quantitative estimate of drug-likeness (QED) is 0.158. The maximum absolute atomic E-state index is 9.90. The van der Waals surface area contributed by atoms with Crippen LogP contribution in [0.4, 0.5) is 0 Å². The van der Waals surface area contributed by atoms with Crippen molar-refractivity contribution in [1.29, 1.82) is 0 Å². The first-order chi connectivity index (χ1) is 9.54. The third-order valence-electron chi connectivity index (χ3n) is 1.42. The summed E-state index contributed by atoms with van der Waals surface area (Å²) in [4.78, 5) is 53.0. The van der Waals surface area contributed by atoms with Crippen molar-refractivity contribution in [2.24, 2.45) is 0 Å². The minimum Gasteiger partial charge on any atom is -0.394 e. The molecule has 0 fully saturated rings. The number of carbonyl (C=O) groups excluding carboxylic acids is 1. The van der Waals surface area contributed by atoms with E-state index < -0.39 is 46.7 Å². The Hall–Kier alpha value is -0.310. The largest absolute Gasteiger partial charge is 0.466 e. The number of hydrogen-bond donors (Lipinski definition) is 11. The Balaban J connectivity index is -0.000000298. The molecule has 0 amide bonds. The van der Waals surface area contributed by atoms with Gasteiger partial charge in [0, 0.05) is 0 Å². The van der Waals surface area contributed by atoms with Gasteiger partial charge in [-0.15, -0.1) is 0 Å². The SMILES string of the molecule is O=C[C@H](O)[C@@H](O)[C@@H](O)[C@H](O)CO.O=P(O)(O)O.O=P(O)(O)O. The number of phosphoric acid groups is 2. The first-order valence-electron chi connectivity index (χ1n) is 4.89. The van der Waals surface area contributed by atoms with Crippen LogP contribution in [0.15, 0.2) is 0 Å². The zero-order valence-electron chi connectivity index (χ0n) is 10.6. The smallest absolute Gasteiger partial charge is 0.394 e. The fourth-order valence-electron chi connectivity index (χ4n) is 0.618. The van der Waals surface area contributed by atoms with E-state index in [1.165, 1.54) is 0 Å². The van der Waals surface area contributed by atoms with Gasteiger partial charge in [0.15, 0.2) is 6.29 Å². The Morgan fingerprint density at radius 2 is 1.05 bits per heavy atom. The van der Waals surface area contributed by atoms with Gasteiger partial charge in [-0.2, -0.15) is 0 Å². The van der Waals surface area contributed by atoms with Crippen molar-refractivity contribution in [3.05, 3.63) is 0 Å². The maximum Gasteiger partial charge on any atom is 0.466 e. The summed E-state index contributed by atoms with van der Waals surface area (Å²) in [6.45, 7) is -0.760. The molecule has 0 saturated heterocycles. The Labute approximate surface area is 123 Å². The highest BCUT2D eigenvalue weighted by Gasteiger charge is 2.29. The first-order valence-corrected chi connectivity index (χ1v) is 8.02. The molecule has 0 aromatic carbocycles. The van der Waals surface area contributed by atoms with Crippen LogP contribution in [0.1, 0.15) is 0 Å². The van der Waals surface area contributed by atoms with Crippen molar-refractivity contribution in [2.75, 3.05) is 6.61 Å². The van der Waals surface area contributed by atoms with Crippen LogP contribution in [0.5, 0.6) is 0 Å². The highest BCUT2D eigenvalue weighted by Crippen LogP contribution is 2.26. The lowest BCUT2D eigenvalue weighted by atomic mass is 10.0. The number of aldehydes is 1. The van der Waals surface area contributed by atoms with Crippen molar-refractivity contribution in [1.82, 2.24) is 0 Å². The van der Waals surface area contributed by atoms with Crippen molar-refractivity contribution in [2.45, 2.75) is 24.4 Å². The molecule has 0 radical (unpaired) electrons. The van der Waals surface area contributed by atoms with E-state index in [9.17, 15) is 4.79 Å². The fraction of sp³-hybridized carbons (Fsp3) is 0.833. The summed E-state index contributed by atoms with van der Waals surface area (Å²) < 4.78 is 17.8. The number of aliphatic hydroxyl groups excluding tert-OH is 5. The van der Waals surface area contributed by atoms with Crippen LogP contribution in [0, 0.1) is 0 Å². The molecule has 0 heterocycles. The van der Waals surface area contributed by atoms with Crippen LogP contribution in [-0.4, -0.2) is 92.2 Å². The minimum atomic E-state index is -4.64. The van der Waals surface area contributed by atoms with E-state index in [2.05, 4.69) is 0 Å². The molecular formula is C6H18O14P2. The summed E-state index contributed by atoms with van der Waals surface area (Å²) in [5.74, 6) is 0. The molecule has 11 N–H and O–H groups in total. The third-order valence-corrected chi connectivity index (χ3v) is 1.42. The lowest BCUT2D eigenvalue weighted by molar-refractivity contribution is -0.136. The van der Waals surface area contributed by atoms with Gasteiger partial charge in [-0.3, -0.25) is 0 Å². The lowest BCUT2D eigenvalue weighted by Crippen LogP contribution is -2.46. The van der Waals surface area contributed by atoms with Crippen LogP contribution in [0.2, 0.25) is 0 Å². The molecular weight excluding hydrogens is 358 g/mol. The van der Waals surface area contributed by atoms with Gasteiger partial charge in [-0.25, -0.2) is 9.13 Å². The normalized spacial score (nSPS) is 16.9. The van der Waals surface area contributed by atoms with E-state index in [1.54, 1.807) is 0 Å². The molecule has 4 atom stereocenters. The number of rotatable bonds is 5. The Morgan fingerprint density at radius 1 is 0.773 bits per heavy atom. The molecule has 16 heteroatoms. The van der Waals surface area contributed by atoms with E-state index >= 15 is 0 Å². The second kappa shape index (κ2) is 12.2. The predicted octanol–water partition coefficient (Wildman–Crippen LogP) is -5.24. The summed E-state index contributed by atoms with van der Waals surface area (Å²) in [7, 11) is -9.28. The molecule has 0 aliphatic rings. The summed E-state index contributed by atoms with van der Waals surface area (Å²) in [6.07, 6.45) is -6.84. The van der Waals surface area contributed by atoms with Gasteiger partial charge < -0.3 is 59.7 Å². The van der Waals surface area contributed by atoms with Gasteiger partial charge in [0.05, 0.1) is 6.61 Å². The standard InChI is InChI=1S/C6H12O6.2H3O4P/c7-1-3(9)5(11)6(12)4(10)2-8;2*1-5(2,3)4/h1,3-6,8-12H,2H2;2*(H3,1,2,3,4)/t3-,4+,5+,6-;;/m0../s1. The van der Waals surface area contributed by atoms with Crippen molar-refractivity contribution in [3.63, 3.8) is 0 Å². The average molecular weight is 376 g/mol. The van der Waals surface area contributed by atoms with Crippen LogP contribution >= 0.6 is 15.6 Å². The third kappa shape index (κ3) is 27.9. The molecule has 22 heavy (non-hydrogen) atoms. The van der Waals surface area contributed by atoms with Crippen molar-refractivity contribution in [3.8, 4) is 0 Å². The predicted molar refractivity (Wildman–Crippen MR) is 65.7 cm³/mol. The van der Waals surface area contributed by atoms with E-state index in [-0.39, 0.29) is 6.29 Å². The molecule has 14 nitrogen and oxygen atoms in total. The van der Waals surface area contributed by atoms with E-state index in [0.29, 0.717) is 0 Å². The highest BCUT2D eigenvalue weighted by atomic mass is 31.2. The van der Waals surface area contributed by atoms with Gasteiger partial charge >= 0.3 is 15.6 Å². The zero-order chi connectivity index (χ0) is 18.7. The topological polar surface area (TPSA) is 274 Å². The number of carbonyl (C=O) groups is 1. The van der Waals surface area contributed by atoms with Crippen LogP contribution in [0.25, 0.3) is 0 Å². The van der Waals surface area contributed by atoms with E-state index in [4.69, 9.17) is 64.0 Å². The van der Waals surface area contributed by atoms with Crippen molar-refractivity contribution < 1.29 is 68.8 Å². The van der Waals surface area contributed by atoms with Gasteiger partial charge in [0.1, 0.15) is 24.4 Å². The van der Waals surface area contributed by atoms with Gasteiger partial charge in [-0.05, 0) is 0 Å². The Kier molecular flexibility index (Phi) is 14.7. The van der Waals surface area contributed by atoms with Crippen LogP contribution in [-0.2, 0) is 13.9 Å². The van der Waals surface area contributed by atoms with Gasteiger partial charge in [0.25, 0.3) is 0 Å². The lowest BCUT2D eigenvalue weighted by Gasteiger charge is -2.22. The fourth-order valence-corrected chi connectivity index (χ4v) is 0.618. The van der Waals surface area contributed by atoms with Gasteiger partial charge in [0.2, 0.25) is 0 Å². The summed E-state index contributed by atoms with van der Waals surface area (Å²) in [5.41, 5.74) is 0. The highest BCUT2D eigenvalue weighted by molar-refractivity contribution is 7.45. The Bertz CT molecular complexity index is 337. The van der Waals surface area contributed by atoms with E-state index in [0.717, 1.165) is 0 Å². The molecule has 0 unspecified atom stereocenters. The summed E-state index contributed by atoms with van der Waals surface area (Å²) >= 11 is 0. The zero-order valence-corrected chi connectivity index (χ0v) is 12.4. The average Bonchev–Trinajstić information content (AvgIpc) is 2.30. The van der Waals surface area contributed by atoms with Crippen molar-refractivity contribution >= 4 is 21.9 Å². The second-order valence-electron chi connectivity index (χ2n) is 3.38. The Morgan fingerprint density at radius 3 is 1.23 bits per heavy atom.